The molecule has 1 atom stereocenters. The summed E-state index contributed by atoms with van der Waals surface area (Å²) in [7, 11) is 1.45. The first-order chi connectivity index (χ1) is 8.12. The lowest BCUT2D eigenvalue weighted by molar-refractivity contribution is -0.386. The van der Waals surface area contributed by atoms with E-state index in [9.17, 15) is 10.1 Å². The Morgan fingerprint density at radius 1 is 1.59 bits per heavy atom. The van der Waals surface area contributed by atoms with Gasteiger partial charge < -0.3 is 9.47 Å². The van der Waals surface area contributed by atoms with Crippen molar-refractivity contribution >= 4 is 5.69 Å². The van der Waals surface area contributed by atoms with Crippen molar-refractivity contribution in [2.75, 3.05) is 7.11 Å². The Bertz CT molecular complexity index is 453. The van der Waals surface area contributed by atoms with Gasteiger partial charge in [0.25, 0.3) is 0 Å². The quantitative estimate of drug-likeness (QED) is 0.578. The van der Waals surface area contributed by atoms with Crippen molar-refractivity contribution in [3.05, 3.63) is 28.3 Å². The zero-order valence-corrected chi connectivity index (χ0v) is 9.54. The first kappa shape index (κ1) is 12.8. The van der Waals surface area contributed by atoms with E-state index in [1.807, 2.05) is 6.07 Å². The van der Waals surface area contributed by atoms with Crippen LogP contribution in [0, 0.1) is 21.4 Å². The van der Waals surface area contributed by atoms with Crippen molar-refractivity contribution < 1.29 is 14.4 Å². The van der Waals surface area contributed by atoms with Gasteiger partial charge in [-0.05, 0) is 12.5 Å². The molecular formula is C11H12N2O4. The second-order valence-electron chi connectivity index (χ2n) is 3.23. The fraction of sp³-hybridized carbons (Fsp3) is 0.364. The summed E-state index contributed by atoms with van der Waals surface area (Å²) in [5, 5.41) is 19.5. The molecule has 6 nitrogen and oxygen atoms in total. The van der Waals surface area contributed by atoms with Crippen LogP contribution >= 0.6 is 0 Å². The van der Waals surface area contributed by atoms with E-state index in [0.29, 0.717) is 12.2 Å². The number of ether oxygens (including phenoxy) is 2. The Labute approximate surface area is 98.5 Å². The van der Waals surface area contributed by atoms with Gasteiger partial charge in [0.1, 0.15) is 11.8 Å². The molecule has 1 aromatic rings. The maximum absolute atomic E-state index is 10.8. The average Bonchev–Trinajstić information content (AvgIpc) is 2.35. The minimum atomic E-state index is -0.708. The molecule has 0 aromatic heterocycles. The fourth-order valence-corrected chi connectivity index (χ4v) is 1.22. The molecule has 1 rings (SSSR count). The number of hydrogen-bond donors (Lipinski definition) is 0. The molecule has 0 saturated heterocycles. The number of methoxy groups -OCH3 is 1. The van der Waals surface area contributed by atoms with Crippen molar-refractivity contribution in [2.24, 2.45) is 0 Å². The van der Waals surface area contributed by atoms with Gasteiger partial charge in [-0.15, -0.1) is 0 Å². The summed E-state index contributed by atoms with van der Waals surface area (Å²) in [4.78, 5) is 10.2. The van der Waals surface area contributed by atoms with Crippen LogP contribution in [-0.2, 0) is 0 Å². The van der Waals surface area contributed by atoms with Crippen molar-refractivity contribution in [3.8, 4) is 17.6 Å². The predicted molar refractivity (Wildman–Crippen MR) is 60.0 cm³/mol. The van der Waals surface area contributed by atoms with Gasteiger partial charge in [-0.1, -0.05) is 6.92 Å². The van der Waals surface area contributed by atoms with E-state index in [0.717, 1.165) is 0 Å². The van der Waals surface area contributed by atoms with E-state index in [4.69, 9.17) is 14.7 Å². The Kier molecular flexibility index (Phi) is 4.29. The molecule has 0 saturated carbocycles. The summed E-state index contributed by atoms with van der Waals surface area (Å²) in [6, 6.07) is 6.08. The molecule has 0 radical (unpaired) electrons. The van der Waals surface area contributed by atoms with Crippen molar-refractivity contribution in [3.63, 3.8) is 0 Å². The van der Waals surface area contributed by atoms with Crippen LogP contribution in [0.4, 0.5) is 5.69 Å². The molecule has 0 aliphatic carbocycles. The first-order valence-corrected chi connectivity index (χ1v) is 5.01. The predicted octanol–water partition coefficient (Wildman–Crippen LogP) is 2.28. The number of benzene rings is 1. The number of nitriles is 1. The third kappa shape index (κ3) is 3.08. The van der Waals surface area contributed by atoms with E-state index in [-0.39, 0.29) is 11.4 Å². The SMILES string of the molecule is CCC(C#N)Oc1cc(OC)ccc1[N+](=O)[O-]. The molecule has 17 heavy (non-hydrogen) atoms. The van der Waals surface area contributed by atoms with Gasteiger partial charge in [0.2, 0.25) is 5.75 Å². The van der Waals surface area contributed by atoms with Gasteiger partial charge in [0.15, 0.2) is 6.10 Å². The van der Waals surface area contributed by atoms with Crippen molar-refractivity contribution in [1.82, 2.24) is 0 Å². The number of nitrogens with zero attached hydrogens (tertiary/aromatic N) is 2. The second kappa shape index (κ2) is 5.70. The van der Waals surface area contributed by atoms with Gasteiger partial charge in [-0.2, -0.15) is 5.26 Å². The van der Waals surface area contributed by atoms with Gasteiger partial charge in [0.05, 0.1) is 12.0 Å². The highest BCUT2D eigenvalue weighted by Crippen LogP contribution is 2.31. The lowest BCUT2D eigenvalue weighted by Gasteiger charge is -2.11. The van der Waals surface area contributed by atoms with E-state index in [2.05, 4.69) is 0 Å². The molecule has 1 unspecified atom stereocenters. The Hall–Kier alpha value is -2.29. The molecule has 0 aliphatic rings. The molecule has 0 N–H and O–H groups in total. The van der Waals surface area contributed by atoms with E-state index in [1.165, 1.54) is 25.3 Å². The Balaban J connectivity index is 3.09. The monoisotopic (exact) mass is 236 g/mol. The minimum absolute atomic E-state index is 0.0442. The largest absolute Gasteiger partial charge is 0.497 e. The molecular weight excluding hydrogens is 224 g/mol. The average molecular weight is 236 g/mol. The van der Waals surface area contributed by atoms with Crippen molar-refractivity contribution in [2.45, 2.75) is 19.4 Å². The smallest absolute Gasteiger partial charge is 0.311 e. The summed E-state index contributed by atoms with van der Waals surface area (Å²) >= 11 is 0. The van der Waals surface area contributed by atoms with Crippen molar-refractivity contribution in [1.29, 1.82) is 5.26 Å². The summed E-state index contributed by atoms with van der Waals surface area (Å²) in [6.07, 6.45) is -0.258. The summed E-state index contributed by atoms with van der Waals surface area (Å²) in [5.74, 6) is 0.487. The highest BCUT2D eigenvalue weighted by molar-refractivity contribution is 5.50. The highest BCUT2D eigenvalue weighted by Gasteiger charge is 2.19. The number of rotatable bonds is 5. The van der Waals surface area contributed by atoms with Crippen LogP contribution in [-0.4, -0.2) is 18.1 Å². The summed E-state index contributed by atoms with van der Waals surface area (Å²) in [6.45, 7) is 1.76. The third-order valence-electron chi connectivity index (χ3n) is 2.15. The van der Waals surface area contributed by atoms with Crippen LogP contribution in [0.15, 0.2) is 18.2 Å². The Morgan fingerprint density at radius 2 is 2.29 bits per heavy atom. The first-order valence-electron chi connectivity index (χ1n) is 5.01. The number of nitro groups is 1. The molecule has 0 fully saturated rings. The second-order valence-corrected chi connectivity index (χ2v) is 3.23. The maximum Gasteiger partial charge on any atom is 0.311 e. The highest BCUT2D eigenvalue weighted by atomic mass is 16.6. The lowest BCUT2D eigenvalue weighted by Crippen LogP contribution is -2.13. The van der Waals surface area contributed by atoms with Crippen LogP contribution in [0.1, 0.15) is 13.3 Å². The topological polar surface area (TPSA) is 85.4 Å². The van der Waals surface area contributed by atoms with Crippen LogP contribution < -0.4 is 9.47 Å². The zero-order valence-electron chi connectivity index (χ0n) is 9.54. The summed E-state index contributed by atoms with van der Waals surface area (Å²) in [5.41, 5.74) is -0.181. The molecule has 0 spiro atoms. The lowest BCUT2D eigenvalue weighted by atomic mass is 10.2. The zero-order chi connectivity index (χ0) is 12.8. The molecule has 6 heteroatoms. The molecule has 0 aliphatic heterocycles. The van der Waals surface area contributed by atoms with Crippen LogP contribution in [0.3, 0.4) is 0 Å². The molecule has 0 amide bonds. The molecule has 0 heterocycles. The number of hydrogen-bond acceptors (Lipinski definition) is 5. The van der Waals surface area contributed by atoms with Crippen LogP contribution in [0.5, 0.6) is 11.5 Å². The van der Waals surface area contributed by atoms with E-state index in [1.54, 1.807) is 6.92 Å². The minimum Gasteiger partial charge on any atom is -0.497 e. The van der Waals surface area contributed by atoms with E-state index < -0.39 is 11.0 Å². The summed E-state index contributed by atoms with van der Waals surface area (Å²) < 4.78 is 10.2. The third-order valence-corrected chi connectivity index (χ3v) is 2.15. The normalized spacial score (nSPS) is 11.4. The fourth-order valence-electron chi connectivity index (χ4n) is 1.22. The standard InChI is InChI=1S/C11H12N2O4/c1-3-8(7-12)17-11-6-9(16-2)4-5-10(11)13(14)15/h4-6,8H,3H2,1-2H3. The molecule has 1 aromatic carbocycles. The van der Waals surface area contributed by atoms with Crippen LogP contribution in [0.2, 0.25) is 0 Å². The molecule has 90 valence electrons. The van der Waals surface area contributed by atoms with Gasteiger partial charge in [0, 0.05) is 12.1 Å². The van der Waals surface area contributed by atoms with Gasteiger partial charge in [-0.3, -0.25) is 10.1 Å². The van der Waals surface area contributed by atoms with Crippen LogP contribution in [0.25, 0.3) is 0 Å². The van der Waals surface area contributed by atoms with Gasteiger partial charge >= 0.3 is 5.69 Å². The number of nitro benzene ring substituents is 1. The van der Waals surface area contributed by atoms with E-state index >= 15 is 0 Å². The Morgan fingerprint density at radius 3 is 2.76 bits per heavy atom. The van der Waals surface area contributed by atoms with Gasteiger partial charge in [-0.25, -0.2) is 0 Å². The molecule has 0 bridgehead atoms. The maximum atomic E-state index is 10.8.